The zero-order valence-electron chi connectivity index (χ0n) is 9.33. The molecule has 0 saturated carbocycles. The summed E-state index contributed by atoms with van der Waals surface area (Å²) in [7, 11) is 5.01. The van der Waals surface area contributed by atoms with E-state index in [1.165, 1.54) is 0 Å². The van der Waals surface area contributed by atoms with Gasteiger partial charge in [-0.1, -0.05) is 0 Å². The lowest BCUT2D eigenvalue weighted by atomic mass is 10.1. The summed E-state index contributed by atoms with van der Waals surface area (Å²) in [6, 6.07) is 3.36. The molecule has 0 atom stereocenters. The van der Waals surface area contributed by atoms with E-state index in [2.05, 4.69) is 5.32 Å². The quantitative estimate of drug-likeness (QED) is 0.767. The smallest absolute Gasteiger partial charge is 0.129 e. The zero-order chi connectivity index (χ0) is 11.3. The van der Waals surface area contributed by atoms with E-state index in [1.54, 1.807) is 26.4 Å². The second kappa shape index (κ2) is 5.46. The zero-order valence-corrected chi connectivity index (χ0v) is 9.33. The van der Waals surface area contributed by atoms with Gasteiger partial charge in [0.15, 0.2) is 0 Å². The molecule has 4 heteroatoms. The van der Waals surface area contributed by atoms with Crippen molar-refractivity contribution in [2.75, 3.05) is 27.8 Å². The van der Waals surface area contributed by atoms with E-state index in [0.29, 0.717) is 11.5 Å². The predicted molar refractivity (Wildman–Crippen MR) is 58.8 cm³/mol. The van der Waals surface area contributed by atoms with Crippen LogP contribution in [-0.2, 0) is 6.42 Å². The van der Waals surface area contributed by atoms with Gasteiger partial charge in [-0.3, -0.25) is 0 Å². The molecule has 1 rings (SSSR count). The summed E-state index contributed by atoms with van der Waals surface area (Å²) >= 11 is 0. The van der Waals surface area contributed by atoms with Crippen molar-refractivity contribution in [3.63, 3.8) is 0 Å². The van der Waals surface area contributed by atoms with Gasteiger partial charge in [0, 0.05) is 17.7 Å². The lowest BCUT2D eigenvalue weighted by molar-refractivity contribution is 0.379. The minimum atomic E-state index is 0.210. The molecule has 4 nitrogen and oxygen atoms in total. The number of benzene rings is 1. The average Bonchev–Trinajstić information content (AvgIpc) is 2.26. The van der Waals surface area contributed by atoms with Crippen LogP contribution >= 0.6 is 0 Å². The number of hydrogen-bond donors (Lipinski definition) is 2. The number of methoxy groups -OCH3 is 2. The van der Waals surface area contributed by atoms with Gasteiger partial charge in [0.05, 0.1) is 14.2 Å². The molecule has 2 N–H and O–H groups in total. The molecule has 0 aliphatic rings. The topological polar surface area (TPSA) is 50.7 Å². The summed E-state index contributed by atoms with van der Waals surface area (Å²) in [5.74, 6) is 1.46. The number of hydrogen-bond acceptors (Lipinski definition) is 4. The first-order chi connectivity index (χ1) is 7.22. The van der Waals surface area contributed by atoms with Gasteiger partial charge in [-0.2, -0.15) is 0 Å². The van der Waals surface area contributed by atoms with Crippen molar-refractivity contribution in [1.29, 1.82) is 0 Å². The maximum absolute atomic E-state index is 9.77. The Morgan fingerprint density at radius 3 is 2.53 bits per heavy atom. The van der Waals surface area contributed by atoms with Crippen LogP contribution in [0.5, 0.6) is 17.2 Å². The Morgan fingerprint density at radius 2 is 2.00 bits per heavy atom. The standard InChI is InChI=1S/C11H17NO3/c1-12-5-4-9-10(13)6-8(14-2)7-11(9)15-3/h6-7,12-13H,4-5H2,1-3H3. The lowest BCUT2D eigenvalue weighted by Gasteiger charge is -2.12. The van der Waals surface area contributed by atoms with Crippen molar-refractivity contribution in [2.45, 2.75) is 6.42 Å². The van der Waals surface area contributed by atoms with Gasteiger partial charge >= 0.3 is 0 Å². The summed E-state index contributed by atoms with van der Waals surface area (Å²) in [6.07, 6.45) is 0.718. The van der Waals surface area contributed by atoms with Crippen LogP contribution in [0.1, 0.15) is 5.56 Å². The predicted octanol–water partition coefficient (Wildman–Crippen LogP) is 1.17. The number of rotatable bonds is 5. The molecule has 0 spiro atoms. The summed E-state index contributed by atoms with van der Waals surface area (Å²) in [5.41, 5.74) is 0.799. The fourth-order valence-corrected chi connectivity index (χ4v) is 1.41. The largest absolute Gasteiger partial charge is 0.507 e. The van der Waals surface area contributed by atoms with Crippen LogP contribution in [0.3, 0.4) is 0 Å². The van der Waals surface area contributed by atoms with E-state index in [0.717, 1.165) is 18.5 Å². The van der Waals surface area contributed by atoms with Gasteiger partial charge in [-0.05, 0) is 20.0 Å². The molecule has 0 amide bonds. The van der Waals surface area contributed by atoms with Gasteiger partial charge in [0.2, 0.25) is 0 Å². The number of ether oxygens (including phenoxy) is 2. The van der Waals surface area contributed by atoms with E-state index in [-0.39, 0.29) is 5.75 Å². The van der Waals surface area contributed by atoms with Gasteiger partial charge in [0.25, 0.3) is 0 Å². The van der Waals surface area contributed by atoms with Crippen LogP contribution in [0.2, 0.25) is 0 Å². The Morgan fingerprint density at radius 1 is 1.27 bits per heavy atom. The van der Waals surface area contributed by atoms with Crippen LogP contribution in [0.4, 0.5) is 0 Å². The Kier molecular flexibility index (Phi) is 4.24. The number of phenolic OH excluding ortho intramolecular Hbond substituents is 1. The molecule has 0 aromatic heterocycles. The summed E-state index contributed by atoms with van der Waals surface area (Å²) in [6.45, 7) is 0.788. The Bertz CT molecular complexity index is 326. The summed E-state index contributed by atoms with van der Waals surface area (Å²) in [4.78, 5) is 0. The minimum absolute atomic E-state index is 0.210. The molecule has 0 radical (unpaired) electrons. The van der Waals surface area contributed by atoms with E-state index >= 15 is 0 Å². The van der Waals surface area contributed by atoms with Gasteiger partial charge in [-0.15, -0.1) is 0 Å². The van der Waals surface area contributed by atoms with Gasteiger partial charge in [0.1, 0.15) is 17.2 Å². The van der Waals surface area contributed by atoms with Gasteiger partial charge < -0.3 is 19.9 Å². The Balaban J connectivity index is 3.01. The molecule has 0 heterocycles. The van der Waals surface area contributed by atoms with Crippen LogP contribution < -0.4 is 14.8 Å². The maximum Gasteiger partial charge on any atom is 0.129 e. The van der Waals surface area contributed by atoms with E-state index in [9.17, 15) is 5.11 Å². The molecular formula is C11H17NO3. The highest BCUT2D eigenvalue weighted by Crippen LogP contribution is 2.33. The second-order valence-corrected chi connectivity index (χ2v) is 3.18. The Hall–Kier alpha value is -1.42. The monoisotopic (exact) mass is 211 g/mol. The number of likely N-dealkylation sites (N-methyl/N-ethyl adjacent to an activating group) is 1. The highest BCUT2D eigenvalue weighted by atomic mass is 16.5. The highest BCUT2D eigenvalue weighted by molar-refractivity contribution is 5.50. The van der Waals surface area contributed by atoms with Crippen LogP contribution in [0.25, 0.3) is 0 Å². The first-order valence-corrected chi connectivity index (χ1v) is 4.81. The molecule has 1 aromatic carbocycles. The van der Waals surface area contributed by atoms with Crippen molar-refractivity contribution >= 4 is 0 Å². The molecule has 0 bridgehead atoms. The summed E-state index contributed by atoms with van der Waals surface area (Å²) < 4.78 is 10.2. The highest BCUT2D eigenvalue weighted by Gasteiger charge is 2.10. The molecule has 1 aromatic rings. The molecule has 84 valence electrons. The molecule has 0 fully saturated rings. The van der Waals surface area contributed by atoms with Crippen LogP contribution in [-0.4, -0.2) is 32.9 Å². The normalized spacial score (nSPS) is 10.1. The van der Waals surface area contributed by atoms with E-state index in [4.69, 9.17) is 9.47 Å². The second-order valence-electron chi connectivity index (χ2n) is 3.18. The average molecular weight is 211 g/mol. The minimum Gasteiger partial charge on any atom is -0.507 e. The number of phenols is 1. The molecule has 0 saturated heterocycles. The first-order valence-electron chi connectivity index (χ1n) is 4.81. The SMILES string of the molecule is CNCCc1c(O)cc(OC)cc1OC. The fourth-order valence-electron chi connectivity index (χ4n) is 1.41. The molecule has 0 aliphatic carbocycles. The van der Waals surface area contributed by atoms with Crippen molar-refractivity contribution in [3.05, 3.63) is 17.7 Å². The summed E-state index contributed by atoms with van der Waals surface area (Å²) in [5, 5.41) is 12.8. The van der Waals surface area contributed by atoms with Crippen molar-refractivity contribution in [2.24, 2.45) is 0 Å². The number of nitrogens with one attached hydrogen (secondary N) is 1. The lowest BCUT2D eigenvalue weighted by Crippen LogP contribution is -2.11. The van der Waals surface area contributed by atoms with Crippen molar-refractivity contribution in [3.8, 4) is 17.2 Å². The maximum atomic E-state index is 9.77. The first kappa shape index (κ1) is 11.7. The Labute approximate surface area is 89.8 Å². The molecule has 0 unspecified atom stereocenters. The van der Waals surface area contributed by atoms with Crippen molar-refractivity contribution in [1.82, 2.24) is 5.32 Å². The van der Waals surface area contributed by atoms with Crippen LogP contribution in [0.15, 0.2) is 12.1 Å². The molecule has 0 aliphatic heterocycles. The number of aromatic hydroxyl groups is 1. The van der Waals surface area contributed by atoms with Gasteiger partial charge in [-0.25, -0.2) is 0 Å². The molecule has 15 heavy (non-hydrogen) atoms. The fraction of sp³-hybridized carbons (Fsp3) is 0.455. The van der Waals surface area contributed by atoms with Crippen molar-refractivity contribution < 1.29 is 14.6 Å². The third-order valence-electron chi connectivity index (χ3n) is 2.24. The third kappa shape index (κ3) is 2.76. The van der Waals surface area contributed by atoms with Crippen LogP contribution in [0, 0.1) is 0 Å². The van der Waals surface area contributed by atoms with E-state index < -0.39 is 0 Å². The van der Waals surface area contributed by atoms with E-state index in [1.807, 2.05) is 7.05 Å². The molecular weight excluding hydrogens is 194 g/mol. The third-order valence-corrected chi connectivity index (χ3v) is 2.24.